The minimum Gasteiger partial charge on any atom is -0.385 e. The van der Waals surface area contributed by atoms with Crippen molar-refractivity contribution in [3.8, 4) is 0 Å². The van der Waals surface area contributed by atoms with E-state index in [9.17, 15) is 9.59 Å². The highest BCUT2D eigenvalue weighted by Crippen LogP contribution is 2.11. The Balaban J connectivity index is 3.27. The SMILES string of the molecule is Cc1c(CC(N)=O)nc(=O)n(CCCl)c1N. The summed E-state index contributed by atoms with van der Waals surface area (Å²) in [5.74, 6) is -0.0122. The highest BCUT2D eigenvalue weighted by Gasteiger charge is 2.12. The van der Waals surface area contributed by atoms with E-state index in [1.165, 1.54) is 4.57 Å². The van der Waals surface area contributed by atoms with Crippen LogP contribution in [0.25, 0.3) is 0 Å². The summed E-state index contributed by atoms with van der Waals surface area (Å²) in [6, 6.07) is 0. The zero-order valence-corrected chi connectivity index (χ0v) is 9.62. The molecule has 1 heterocycles. The van der Waals surface area contributed by atoms with E-state index in [1.807, 2.05) is 0 Å². The molecule has 6 nitrogen and oxygen atoms in total. The van der Waals surface area contributed by atoms with Crippen molar-refractivity contribution in [2.45, 2.75) is 19.9 Å². The number of hydrogen-bond acceptors (Lipinski definition) is 4. The monoisotopic (exact) mass is 244 g/mol. The third-order valence-electron chi connectivity index (χ3n) is 2.22. The van der Waals surface area contributed by atoms with Gasteiger partial charge < -0.3 is 11.5 Å². The molecule has 0 aliphatic carbocycles. The maximum Gasteiger partial charge on any atom is 0.349 e. The molecule has 0 saturated heterocycles. The van der Waals surface area contributed by atoms with Crippen LogP contribution in [0, 0.1) is 6.92 Å². The average Bonchev–Trinajstić information content (AvgIpc) is 2.20. The van der Waals surface area contributed by atoms with Gasteiger partial charge in [-0.25, -0.2) is 4.79 Å². The first-order chi connectivity index (χ1) is 7.47. The summed E-state index contributed by atoms with van der Waals surface area (Å²) in [5.41, 5.74) is 11.2. The van der Waals surface area contributed by atoms with Gasteiger partial charge in [0.2, 0.25) is 5.91 Å². The number of rotatable bonds is 4. The van der Waals surface area contributed by atoms with Gasteiger partial charge in [-0.1, -0.05) is 0 Å². The van der Waals surface area contributed by atoms with Crippen LogP contribution in [0.2, 0.25) is 0 Å². The van der Waals surface area contributed by atoms with Gasteiger partial charge in [0, 0.05) is 18.0 Å². The fourth-order valence-corrected chi connectivity index (χ4v) is 1.52. The first-order valence-corrected chi connectivity index (χ1v) is 5.21. The number of nitrogens with zero attached hydrogens (tertiary/aromatic N) is 2. The van der Waals surface area contributed by atoms with Crippen LogP contribution in [0.4, 0.5) is 5.82 Å². The van der Waals surface area contributed by atoms with Crippen LogP contribution in [-0.2, 0) is 17.8 Å². The quantitative estimate of drug-likeness (QED) is 0.690. The number of hydrogen-bond donors (Lipinski definition) is 2. The molecule has 1 amide bonds. The summed E-state index contributed by atoms with van der Waals surface area (Å²) >= 11 is 5.54. The minimum atomic E-state index is -0.551. The number of anilines is 1. The maximum atomic E-state index is 11.5. The summed E-state index contributed by atoms with van der Waals surface area (Å²) in [5, 5.41) is 0. The molecule has 1 aromatic heterocycles. The summed E-state index contributed by atoms with van der Waals surface area (Å²) in [6.45, 7) is 1.97. The van der Waals surface area contributed by atoms with Crippen molar-refractivity contribution in [1.82, 2.24) is 9.55 Å². The van der Waals surface area contributed by atoms with E-state index in [1.54, 1.807) is 6.92 Å². The Morgan fingerprint density at radius 2 is 2.19 bits per heavy atom. The molecule has 0 bridgehead atoms. The van der Waals surface area contributed by atoms with Gasteiger partial charge >= 0.3 is 5.69 Å². The van der Waals surface area contributed by atoms with Crippen molar-refractivity contribution in [2.75, 3.05) is 11.6 Å². The number of carbonyl (C=O) groups is 1. The number of primary amides is 1. The third-order valence-corrected chi connectivity index (χ3v) is 2.39. The Morgan fingerprint density at radius 1 is 1.56 bits per heavy atom. The largest absolute Gasteiger partial charge is 0.385 e. The van der Waals surface area contributed by atoms with E-state index >= 15 is 0 Å². The average molecular weight is 245 g/mol. The lowest BCUT2D eigenvalue weighted by atomic mass is 10.2. The number of nitrogens with two attached hydrogens (primary N) is 2. The number of carbonyl (C=O) groups excluding carboxylic acids is 1. The summed E-state index contributed by atoms with van der Waals surface area (Å²) in [4.78, 5) is 26.1. The summed E-state index contributed by atoms with van der Waals surface area (Å²) < 4.78 is 1.27. The van der Waals surface area contributed by atoms with Crippen molar-refractivity contribution in [3.05, 3.63) is 21.7 Å². The maximum absolute atomic E-state index is 11.5. The third kappa shape index (κ3) is 2.52. The fourth-order valence-electron chi connectivity index (χ4n) is 1.35. The van der Waals surface area contributed by atoms with Crippen LogP contribution >= 0.6 is 11.6 Å². The molecule has 0 spiro atoms. The lowest BCUT2D eigenvalue weighted by Gasteiger charge is -2.12. The smallest absolute Gasteiger partial charge is 0.349 e. The second kappa shape index (κ2) is 4.98. The van der Waals surface area contributed by atoms with E-state index < -0.39 is 11.6 Å². The van der Waals surface area contributed by atoms with Crippen LogP contribution in [-0.4, -0.2) is 21.3 Å². The predicted molar refractivity (Wildman–Crippen MR) is 61.3 cm³/mol. The number of alkyl halides is 1. The zero-order chi connectivity index (χ0) is 12.3. The Labute approximate surface area is 97.2 Å². The van der Waals surface area contributed by atoms with E-state index in [0.29, 0.717) is 11.3 Å². The van der Waals surface area contributed by atoms with E-state index in [0.717, 1.165) is 0 Å². The van der Waals surface area contributed by atoms with Crippen LogP contribution in [0.5, 0.6) is 0 Å². The van der Waals surface area contributed by atoms with E-state index in [2.05, 4.69) is 4.98 Å². The van der Waals surface area contributed by atoms with Crippen molar-refractivity contribution in [1.29, 1.82) is 0 Å². The highest BCUT2D eigenvalue weighted by molar-refractivity contribution is 6.17. The molecule has 1 rings (SSSR count). The van der Waals surface area contributed by atoms with Gasteiger partial charge in [-0.05, 0) is 6.92 Å². The fraction of sp³-hybridized carbons (Fsp3) is 0.444. The second-order valence-corrected chi connectivity index (χ2v) is 3.71. The minimum absolute atomic E-state index is 0.0903. The summed E-state index contributed by atoms with van der Waals surface area (Å²) in [6.07, 6.45) is -0.0903. The van der Waals surface area contributed by atoms with Gasteiger partial charge in [-0.15, -0.1) is 11.6 Å². The Kier molecular flexibility index (Phi) is 3.89. The van der Waals surface area contributed by atoms with Gasteiger partial charge in [0.25, 0.3) is 0 Å². The second-order valence-electron chi connectivity index (χ2n) is 3.34. The Bertz CT molecular complexity index is 469. The van der Waals surface area contributed by atoms with Crippen molar-refractivity contribution in [2.24, 2.45) is 5.73 Å². The standard InChI is InChI=1S/C9H13ClN4O2/c1-5-6(4-7(11)15)13-9(16)14(3-2-10)8(5)12/h2-4,12H2,1H3,(H2,11,15). The van der Waals surface area contributed by atoms with Crippen molar-refractivity contribution < 1.29 is 4.79 Å². The molecule has 88 valence electrons. The van der Waals surface area contributed by atoms with Crippen LogP contribution < -0.4 is 17.2 Å². The van der Waals surface area contributed by atoms with Crippen molar-refractivity contribution in [3.63, 3.8) is 0 Å². The molecule has 0 aliphatic rings. The van der Waals surface area contributed by atoms with Gasteiger partial charge in [-0.2, -0.15) is 4.98 Å². The number of nitrogen functional groups attached to an aromatic ring is 1. The lowest BCUT2D eigenvalue weighted by Crippen LogP contribution is -2.30. The zero-order valence-electron chi connectivity index (χ0n) is 8.86. The molecule has 1 aromatic rings. The highest BCUT2D eigenvalue weighted by atomic mass is 35.5. The van der Waals surface area contributed by atoms with Gasteiger partial charge in [0.15, 0.2) is 0 Å². The molecular formula is C9H13ClN4O2. The van der Waals surface area contributed by atoms with E-state index in [-0.39, 0.29) is 24.7 Å². The van der Waals surface area contributed by atoms with E-state index in [4.69, 9.17) is 23.1 Å². The van der Waals surface area contributed by atoms with Crippen LogP contribution in [0.3, 0.4) is 0 Å². The van der Waals surface area contributed by atoms with Crippen LogP contribution in [0.1, 0.15) is 11.3 Å². The molecule has 0 aromatic carbocycles. The van der Waals surface area contributed by atoms with Gasteiger partial charge in [0.05, 0.1) is 12.1 Å². The Hall–Kier alpha value is -1.56. The van der Waals surface area contributed by atoms with Gasteiger partial charge in [-0.3, -0.25) is 9.36 Å². The molecule has 0 fully saturated rings. The number of halogens is 1. The van der Waals surface area contributed by atoms with Crippen LogP contribution in [0.15, 0.2) is 4.79 Å². The number of amides is 1. The van der Waals surface area contributed by atoms with Crippen molar-refractivity contribution >= 4 is 23.3 Å². The Morgan fingerprint density at radius 3 is 2.69 bits per heavy atom. The topological polar surface area (TPSA) is 104 Å². The lowest BCUT2D eigenvalue weighted by molar-refractivity contribution is -0.117. The molecule has 0 radical (unpaired) electrons. The number of aromatic nitrogens is 2. The van der Waals surface area contributed by atoms with Gasteiger partial charge in [0.1, 0.15) is 5.82 Å². The molecule has 7 heteroatoms. The molecular weight excluding hydrogens is 232 g/mol. The first-order valence-electron chi connectivity index (χ1n) is 4.67. The molecule has 0 aliphatic heterocycles. The molecule has 0 atom stereocenters. The predicted octanol–water partition coefficient (Wildman–Crippen LogP) is -0.599. The molecule has 4 N–H and O–H groups in total. The molecule has 0 unspecified atom stereocenters. The first kappa shape index (κ1) is 12.5. The molecule has 0 saturated carbocycles. The summed E-state index contributed by atoms with van der Waals surface area (Å²) in [7, 11) is 0. The normalized spacial score (nSPS) is 10.4. The molecule has 16 heavy (non-hydrogen) atoms.